The van der Waals surface area contributed by atoms with Crippen molar-refractivity contribution in [2.45, 2.75) is 6.10 Å². The van der Waals surface area contributed by atoms with Gasteiger partial charge in [0.1, 0.15) is 12.7 Å². The van der Waals surface area contributed by atoms with E-state index in [2.05, 4.69) is 15.5 Å². The van der Waals surface area contributed by atoms with Gasteiger partial charge < -0.3 is 9.47 Å². The van der Waals surface area contributed by atoms with E-state index in [9.17, 15) is 0 Å². The molecule has 1 aliphatic rings. The number of tetrazole rings is 1. The molecule has 3 rings (SSSR count). The van der Waals surface area contributed by atoms with Crippen molar-refractivity contribution >= 4 is 0 Å². The van der Waals surface area contributed by atoms with Crippen molar-refractivity contribution in [3.8, 4) is 11.7 Å². The van der Waals surface area contributed by atoms with Gasteiger partial charge in [0.05, 0.1) is 12.3 Å². The van der Waals surface area contributed by atoms with E-state index in [1.165, 1.54) is 0 Å². The molecule has 1 atom stereocenters. The minimum Gasteiger partial charge on any atom is -0.459 e. The van der Waals surface area contributed by atoms with Gasteiger partial charge in [0, 0.05) is 0 Å². The zero-order valence-electron chi connectivity index (χ0n) is 8.48. The van der Waals surface area contributed by atoms with Crippen molar-refractivity contribution in [3.63, 3.8) is 0 Å². The Bertz CT molecular complexity index is 467. The lowest BCUT2D eigenvalue weighted by Crippen LogP contribution is -2.09. The maximum atomic E-state index is 5.46. The third-order valence-electron chi connectivity index (χ3n) is 2.24. The summed E-state index contributed by atoms with van der Waals surface area (Å²) in [5, 5.41) is 11.3. The molecule has 6 heteroatoms. The quantitative estimate of drug-likeness (QED) is 0.697. The van der Waals surface area contributed by atoms with E-state index in [0.717, 1.165) is 12.3 Å². The molecule has 0 aliphatic carbocycles. The molecule has 82 valence electrons. The summed E-state index contributed by atoms with van der Waals surface area (Å²) in [6.07, 6.45) is 0.195. The lowest BCUT2D eigenvalue weighted by molar-refractivity contribution is 0.241. The summed E-state index contributed by atoms with van der Waals surface area (Å²) in [4.78, 5) is 0. The van der Waals surface area contributed by atoms with Crippen molar-refractivity contribution < 1.29 is 9.47 Å². The molecular weight excluding hydrogens is 208 g/mol. The maximum Gasteiger partial charge on any atom is 0.340 e. The molecule has 0 radical (unpaired) electrons. The van der Waals surface area contributed by atoms with Crippen LogP contribution in [0.1, 0.15) is 0 Å². The van der Waals surface area contributed by atoms with Gasteiger partial charge in [-0.05, 0) is 22.6 Å². The van der Waals surface area contributed by atoms with Crippen LogP contribution >= 0.6 is 0 Å². The first-order chi connectivity index (χ1) is 7.93. The van der Waals surface area contributed by atoms with Gasteiger partial charge in [-0.2, -0.15) is 4.68 Å². The average Bonchev–Trinajstić information content (AvgIpc) is 3.05. The van der Waals surface area contributed by atoms with Crippen molar-refractivity contribution in [2.75, 3.05) is 13.2 Å². The highest BCUT2D eigenvalue weighted by Gasteiger charge is 2.24. The molecular formula is C10H10N4O2. The highest BCUT2D eigenvalue weighted by molar-refractivity contribution is 5.31. The van der Waals surface area contributed by atoms with E-state index in [0.29, 0.717) is 12.6 Å². The average molecular weight is 218 g/mol. The number of ether oxygens (including phenoxy) is 2. The molecule has 0 N–H and O–H groups in total. The Balaban J connectivity index is 1.81. The molecule has 0 spiro atoms. The summed E-state index contributed by atoms with van der Waals surface area (Å²) in [6.45, 7) is 1.25. The molecule has 6 nitrogen and oxygen atoms in total. The molecule has 1 saturated heterocycles. The molecule has 1 aromatic heterocycles. The number of para-hydroxylation sites is 1. The van der Waals surface area contributed by atoms with Gasteiger partial charge in [0.25, 0.3) is 0 Å². The SMILES string of the molecule is c1ccc(-n2nnnc2OCC2CO2)cc1. The van der Waals surface area contributed by atoms with Crippen LogP contribution in [0.25, 0.3) is 5.69 Å². The number of rotatable bonds is 4. The molecule has 1 aromatic carbocycles. The van der Waals surface area contributed by atoms with Crippen molar-refractivity contribution in [1.82, 2.24) is 20.2 Å². The van der Waals surface area contributed by atoms with Gasteiger partial charge >= 0.3 is 6.01 Å². The lowest BCUT2D eigenvalue weighted by Gasteiger charge is -2.04. The van der Waals surface area contributed by atoms with Gasteiger partial charge in [-0.15, -0.1) is 0 Å². The maximum absolute atomic E-state index is 5.46. The van der Waals surface area contributed by atoms with Crippen LogP contribution in [-0.4, -0.2) is 39.5 Å². The summed E-state index contributed by atoms with van der Waals surface area (Å²) in [5.41, 5.74) is 0.874. The number of nitrogens with zero attached hydrogens (tertiary/aromatic N) is 4. The number of hydrogen-bond acceptors (Lipinski definition) is 5. The summed E-state index contributed by atoms with van der Waals surface area (Å²) in [7, 11) is 0. The van der Waals surface area contributed by atoms with E-state index >= 15 is 0 Å². The van der Waals surface area contributed by atoms with Crippen LogP contribution in [0.15, 0.2) is 30.3 Å². The molecule has 0 saturated carbocycles. The molecule has 1 fully saturated rings. The van der Waals surface area contributed by atoms with E-state index in [1.807, 2.05) is 30.3 Å². The number of epoxide rings is 1. The highest BCUT2D eigenvalue weighted by atomic mass is 16.6. The predicted molar refractivity (Wildman–Crippen MR) is 54.4 cm³/mol. The first-order valence-electron chi connectivity index (χ1n) is 5.02. The van der Waals surface area contributed by atoms with Crippen molar-refractivity contribution in [1.29, 1.82) is 0 Å². The fourth-order valence-electron chi connectivity index (χ4n) is 1.33. The van der Waals surface area contributed by atoms with Gasteiger partial charge in [0.2, 0.25) is 0 Å². The Kier molecular flexibility index (Phi) is 2.26. The third-order valence-corrected chi connectivity index (χ3v) is 2.24. The molecule has 0 amide bonds. The van der Waals surface area contributed by atoms with Crippen LogP contribution in [0.3, 0.4) is 0 Å². The van der Waals surface area contributed by atoms with Crippen molar-refractivity contribution in [2.24, 2.45) is 0 Å². The summed E-state index contributed by atoms with van der Waals surface area (Å²) in [5.74, 6) is 0. The second kappa shape index (κ2) is 3.90. The topological polar surface area (TPSA) is 65.4 Å². The lowest BCUT2D eigenvalue weighted by atomic mass is 10.3. The van der Waals surface area contributed by atoms with Crippen LogP contribution in [0, 0.1) is 0 Å². The Hall–Kier alpha value is -1.95. The van der Waals surface area contributed by atoms with E-state index < -0.39 is 0 Å². The summed E-state index contributed by atoms with van der Waals surface area (Å²) < 4.78 is 12.1. The number of aromatic nitrogens is 4. The minimum atomic E-state index is 0.195. The standard InChI is InChI=1S/C10H10N4O2/c1-2-4-8(5-3-1)14-10(11-12-13-14)16-7-9-6-15-9/h1-5,9H,6-7H2. The van der Waals surface area contributed by atoms with Crippen LogP contribution in [-0.2, 0) is 4.74 Å². The monoisotopic (exact) mass is 218 g/mol. The summed E-state index contributed by atoms with van der Waals surface area (Å²) >= 11 is 0. The van der Waals surface area contributed by atoms with Gasteiger partial charge in [0.15, 0.2) is 0 Å². The second-order valence-corrected chi connectivity index (χ2v) is 3.48. The molecule has 2 heterocycles. The van der Waals surface area contributed by atoms with E-state index in [1.54, 1.807) is 4.68 Å². The number of benzene rings is 1. The Morgan fingerprint density at radius 3 is 2.94 bits per heavy atom. The normalized spacial score (nSPS) is 18.4. The Labute approximate surface area is 91.8 Å². The van der Waals surface area contributed by atoms with Gasteiger partial charge in [-0.25, -0.2) is 0 Å². The predicted octanol–water partition coefficient (Wildman–Crippen LogP) is 0.440. The molecule has 0 bridgehead atoms. The largest absolute Gasteiger partial charge is 0.459 e. The third kappa shape index (κ3) is 1.87. The van der Waals surface area contributed by atoms with E-state index in [-0.39, 0.29) is 6.10 Å². The fourth-order valence-corrected chi connectivity index (χ4v) is 1.33. The highest BCUT2D eigenvalue weighted by Crippen LogP contribution is 2.15. The van der Waals surface area contributed by atoms with Crippen molar-refractivity contribution in [3.05, 3.63) is 30.3 Å². The minimum absolute atomic E-state index is 0.195. The first-order valence-corrected chi connectivity index (χ1v) is 5.02. The fraction of sp³-hybridized carbons (Fsp3) is 0.300. The number of hydrogen-bond donors (Lipinski definition) is 0. The Morgan fingerprint density at radius 1 is 1.38 bits per heavy atom. The van der Waals surface area contributed by atoms with Crippen LogP contribution in [0.2, 0.25) is 0 Å². The zero-order chi connectivity index (χ0) is 10.8. The molecule has 2 aromatic rings. The first kappa shape index (κ1) is 9.29. The molecule has 1 unspecified atom stereocenters. The van der Waals surface area contributed by atoms with E-state index in [4.69, 9.17) is 9.47 Å². The smallest absolute Gasteiger partial charge is 0.340 e. The molecule has 1 aliphatic heterocycles. The van der Waals surface area contributed by atoms with Gasteiger partial charge in [-0.1, -0.05) is 23.3 Å². The summed E-state index contributed by atoms with van der Waals surface area (Å²) in [6, 6.07) is 10.00. The van der Waals surface area contributed by atoms with Crippen LogP contribution < -0.4 is 4.74 Å². The zero-order valence-corrected chi connectivity index (χ0v) is 8.48. The van der Waals surface area contributed by atoms with Gasteiger partial charge in [-0.3, -0.25) is 0 Å². The second-order valence-electron chi connectivity index (χ2n) is 3.48. The van der Waals surface area contributed by atoms with Crippen LogP contribution in [0.4, 0.5) is 0 Å². The molecule has 16 heavy (non-hydrogen) atoms. The van der Waals surface area contributed by atoms with Crippen LogP contribution in [0.5, 0.6) is 6.01 Å². The Morgan fingerprint density at radius 2 is 2.19 bits per heavy atom.